The molecule has 3 rings (SSSR count). The normalized spacial score (nSPS) is 11.8. The summed E-state index contributed by atoms with van der Waals surface area (Å²) in [4.78, 5) is 0. The zero-order valence-corrected chi connectivity index (χ0v) is 23.8. The molecule has 35 heavy (non-hydrogen) atoms. The summed E-state index contributed by atoms with van der Waals surface area (Å²) in [5.41, 5.74) is 0. The van der Waals surface area contributed by atoms with Gasteiger partial charge in [-0.2, -0.15) is 0 Å². The molecule has 0 aliphatic rings. The maximum Gasteiger partial charge on any atom is 0.115 e. The Kier molecular flexibility index (Phi) is 13.5. The van der Waals surface area contributed by atoms with E-state index in [-0.39, 0.29) is 0 Å². The Morgan fingerprint density at radius 1 is 0.457 bits per heavy atom. The Balaban J connectivity index is 1.55. The van der Waals surface area contributed by atoms with Crippen molar-refractivity contribution in [3.8, 4) is 0 Å². The van der Waals surface area contributed by atoms with Crippen molar-refractivity contribution in [3.63, 3.8) is 0 Å². The number of alkyl halides is 1. The summed E-state index contributed by atoms with van der Waals surface area (Å²) in [5.74, 6) is 0. The van der Waals surface area contributed by atoms with Crippen molar-refractivity contribution < 1.29 is 0 Å². The number of unbranched alkanes of at least 4 members (excludes halogenated alkanes) is 10. The molecule has 3 aromatic carbocycles. The van der Waals surface area contributed by atoms with Gasteiger partial charge in [0, 0.05) is 5.33 Å². The van der Waals surface area contributed by atoms with Crippen LogP contribution in [0.2, 0.25) is 0 Å². The van der Waals surface area contributed by atoms with Gasteiger partial charge in [0.1, 0.15) is 23.2 Å². The number of hydrogen-bond acceptors (Lipinski definition) is 0. The number of rotatable bonds is 17. The van der Waals surface area contributed by atoms with Gasteiger partial charge in [-0.25, -0.2) is 0 Å². The van der Waals surface area contributed by atoms with Crippen LogP contribution in [0.5, 0.6) is 0 Å². The fraction of sp³-hybridized carbons (Fsp3) is 0.394. The number of halogens is 1. The first kappa shape index (κ1) is 27.9. The van der Waals surface area contributed by atoms with E-state index in [1.54, 1.807) is 0 Å². The van der Waals surface area contributed by atoms with Crippen molar-refractivity contribution in [3.05, 3.63) is 103 Å². The molecule has 0 bridgehead atoms. The lowest BCUT2D eigenvalue weighted by molar-refractivity contribution is 0.558. The number of hydrogen-bond donors (Lipinski definition) is 0. The molecule has 0 aromatic heterocycles. The zero-order valence-electron chi connectivity index (χ0n) is 21.3. The lowest BCUT2D eigenvalue weighted by Gasteiger charge is -2.26. The molecule has 3 aromatic rings. The molecule has 0 aliphatic heterocycles. The van der Waals surface area contributed by atoms with Gasteiger partial charge in [0.05, 0.1) is 6.16 Å². The Labute approximate surface area is 223 Å². The van der Waals surface area contributed by atoms with Gasteiger partial charge in [0.2, 0.25) is 0 Å². The highest BCUT2D eigenvalue weighted by Gasteiger charge is 2.43. The molecule has 0 nitrogen and oxygen atoms in total. The van der Waals surface area contributed by atoms with Crippen molar-refractivity contribution >= 4 is 39.1 Å². The number of benzene rings is 3. The SMILES string of the molecule is BrCCCCCCCCCCCCC=CC[P+](c1ccccc1)(c1ccccc1)c1ccccc1. The molecule has 0 unspecified atom stereocenters. The predicted molar refractivity (Wildman–Crippen MR) is 164 cm³/mol. The highest BCUT2D eigenvalue weighted by molar-refractivity contribution is 9.09. The van der Waals surface area contributed by atoms with Crippen LogP contribution in [0, 0.1) is 0 Å². The van der Waals surface area contributed by atoms with Crippen molar-refractivity contribution in [2.45, 2.75) is 70.6 Å². The standard InChI is InChI=1S/C33H43BrP/c34-29-21-10-8-6-4-2-1-3-5-7-9-11-22-30-35(31-23-15-12-16-24-31,32-25-17-13-18-26-32)33-27-19-14-20-28-33/h11-20,22-28H,1-10,21,29-30H2/q+1. The minimum absolute atomic E-state index is 1.08. The Bertz CT molecular complexity index is 840. The largest absolute Gasteiger partial charge is 0.115 e. The third-order valence-corrected chi connectivity index (χ3v) is 11.7. The lowest BCUT2D eigenvalue weighted by Crippen LogP contribution is -2.32. The molecule has 0 heterocycles. The van der Waals surface area contributed by atoms with Gasteiger partial charge in [-0.05, 0) is 55.7 Å². The molecule has 0 aliphatic carbocycles. The Morgan fingerprint density at radius 2 is 0.829 bits per heavy atom. The lowest BCUT2D eigenvalue weighted by atomic mass is 10.1. The third-order valence-electron chi connectivity index (χ3n) is 6.89. The van der Waals surface area contributed by atoms with Crippen molar-refractivity contribution in [2.24, 2.45) is 0 Å². The van der Waals surface area contributed by atoms with E-state index in [2.05, 4.69) is 119 Å². The summed E-state index contributed by atoms with van der Waals surface area (Å²) in [6.45, 7) is 0. The molecular formula is C33H43BrP+. The molecule has 0 atom stereocenters. The molecule has 0 fully saturated rings. The fourth-order valence-electron chi connectivity index (χ4n) is 4.93. The van der Waals surface area contributed by atoms with Gasteiger partial charge in [-0.15, -0.1) is 0 Å². The van der Waals surface area contributed by atoms with Gasteiger partial charge in [0.15, 0.2) is 0 Å². The quantitative estimate of drug-likeness (QED) is 0.0680. The Morgan fingerprint density at radius 3 is 1.23 bits per heavy atom. The highest BCUT2D eigenvalue weighted by Crippen LogP contribution is 2.55. The average molecular weight is 551 g/mol. The second-order valence-corrected chi connectivity index (χ2v) is 13.8. The first-order valence-corrected chi connectivity index (χ1v) is 16.7. The highest BCUT2D eigenvalue weighted by atomic mass is 79.9. The molecule has 2 heteroatoms. The summed E-state index contributed by atoms with van der Waals surface area (Å²) in [7, 11) is -1.73. The summed E-state index contributed by atoms with van der Waals surface area (Å²) in [6, 6.07) is 33.6. The van der Waals surface area contributed by atoms with Gasteiger partial charge >= 0.3 is 0 Å². The van der Waals surface area contributed by atoms with Crippen LogP contribution in [0.3, 0.4) is 0 Å². The third kappa shape index (κ3) is 9.04. The van der Waals surface area contributed by atoms with E-state index in [0.29, 0.717) is 0 Å². The van der Waals surface area contributed by atoms with E-state index in [1.165, 1.54) is 86.5 Å². The van der Waals surface area contributed by atoms with E-state index in [4.69, 9.17) is 0 Å². The Hall–Kier alpha value is -1.69. The summed E-state index contributed by atoms with van der Waals surface area (Å²) in [5, 5.41) is 5.56. The summed E-state index contributed by atoms with van der Waals surface area (Å²) < 4.78 is 0. The zero-order chi connectivity index (χ0) is 24.4. The molecule has 186 valence electrons. The first-order valence-electron chi connectivity index (χ1n) is 13.6. The van der Waals surface area contributed by atoms with Gasteiger partial charge in [0.25, 0.3) is 0 Å². The molecule has 0 spiro atoms. The van der Waals surface area contributed by atoms with E-state index in [0.717, 1.165) is 11.5 Å². The van der Waals surface area contributed by atoms with Crippen LogP contribution < -0.4 is 15.9 Å². The van der Waals surface area contributed by atoms with Crippen LogP contribution in [-0.4, -0.2) is 11.5 Å². The minimum atomic E-state index is -1.73. The molecule has 0 amide bonds. The maximum atomic E-state index is 3.52. The number of allylic oxidation sites excluding steroid dienone is 2. The topological polar surface area (TPSA) is 0 Å². The van der Waals surface area contributed by atoms with Crippen molar-refractivity contribution in [2.75, 3.05) is 11.5 Å². The van der Waals surface area contributed by atoms with Crippen LogP contribution in [0.4, 0.5) is 0 Å². The second-order valence-electron chi connectivity index (χ2n) is 9.48. The van der Waals surface area contributed by atoms with Crippen LogP contribution in [0.25, 0.3) is 0 Å². The monoisotopic (exact) mass is 549 g/mol. The molecular weight excluding hydrogens is 507 g/mol. The van der Waals surface area contributed by atoms with E-state index >= 15 is 0 Å². The molecule has 0 radical (unpaired) electrons. The molecule has 0 N–H and O–H groups in total. The van der Waals surface area contributed by atoms with E-state index in [9.17, 15) is 0 Å². The van der Waals surface area contributed by atoms with Crippen LogP contribution in [0.1, 0.15) is 70.6 Å². The summed E-state index contributed by atoms with van der Waals surface area (Å²) >= 11 is 3.52. The minimum Gasteiger partial charge on any atom is -0.0928 e. The second kappa shape index (κ2) is 16.9. The van der Waals surface area contributed by atoms with Crippen LogP contribution in [-0.2, 0) is 0 Å². The van der Waals surface area contributed by atoms with Crippen molar-refractivity contribution in [1.82, 2.24) is 0 Å². The van der Waals surface area contributed by atoms with E-state index < -0.39 is 7.26 Å². The van der Waals surface area contributed by atoms with E-state index in [1.807, 2.05) is 0 Å². The smallest absolute Gasteiger partial charge is 0.0928 e. The molecule has 0 saturated carbocycles. The average Bonchev–Trinajstić information content (AvgIpc) is 2.93. The maximum absolute atomic E-state index is 3.52. The van der Waals surface area contributed by atoms with Gasteiger partial charge < -0.3 is 0 Å². The van der Waals surface area contributed by atoms with Crippen LogP contribution in [0.15, 0.2) is 103 Å². The van der Waals surface area contributed by atoms with Gasteiger partial charge in [-0.3, -0.25) is 0 Å². The van der Waals surface area contributed by atoms with Crippen molar-refractivity contribution in [1.29, 1.82) is 0 Å². The van der Waals surface area contributed by atoms with Crippen LogP contribution >= 0.6 is 23.2 Å². The first-order chi connectivity index (χ1) is 17.4. The van der Waals surface area contributed by atoms with Gasteiger partial charge in [-0.1, -0.05) is 134 Å². The predicted octanol–water partition coefficient (Wildman–Crippen LogP) is 9.22. The fourth-order valence-corrected chi connectivity index (χ4v) is 9.36. The molecule has 0 saturated heterocycles. The summed E-state index contributed by atoms with van der Waals surface area (Å²) in [6.07, 6.45) is 21.1.